The molecule has 0 unspecified atom stereocenters. The van der Waals surface area contributed by atoms with E-state index < -0.39 is 0 Å². The van der Waals surface area contributed by atoms with Gasteiger partial charge in [-0.1, -0.05) is 48.0 Å². The summed E-state index contributed by atoms with van der Waals surface area (Å²) < 4.78 is 0. The third kappa shape index (κ3) is 3.47. The Morgan fingerprint density at radius 1 is 1.00 bits per heavy atom. The number of aromatic hydroxyl groups is 1. The molecule has 4 heteroatoms. The van der Waals surface area contributed by atoms with Crippen molar-refractivity contribution in [2.45, 2.75) is 13.1 Å². The Balaban J connectivity index is 1.99. The van der Waals surface area contributed by atoms with Gasteiger partial charge in [0.1, 0.15) is 5.75 Å². The number of halogens is 1. The molecule has 2 aromatic carbocycles. The van der Waals surface area contributed by atoms with Crippen LogP contribution < -0.4 is 5.84 Å². The van der Waals surface area contributed by atoms with Crippen LogP contribution in [0.25, 0.3) is 0 Å². The molecule has 0 heterocycles. The third-order valence-corrected chi connectivity index (χ3v) is 2.93. The molecule has 3 nitrogen and oxygen atoms in total. The van der Waals surface area contributed by atoms with Crippen LogP contribution in [0.15, 0.2) is 48.5 Å². The summed E-state index contributed by atoms with van der Waals surface area (Å²) in [6.45, 7) is 1.24. The van der Waals surface area contributed by atoms with E-state index >= 15 is 0 Å². The number of hydrogen-bond donors (Lipinski definition) is 2. The molecule has 0 radical (unpaired) electrons. The minimum atomic E-state index is 0.0899. The summed E-state index contributed by atoms with van der Waals surface area (Å²) in [4.78, 5) is 0. The van der Waals surface area contributed by atoms with Gasteiger partial charge in [-0.15, -0.1) is 0 Å². The fourth-order valence-electron chi connectivity index (χ4n) is 1.76. The first-order valence-corrected chi connectivity index (χ1v) is 6.04. The first-order chi connectivity index (χ1) is 8.65. The number of phenols is 1. The lowest BCUT2D eigenvalue weighted by Gasteiger charge is -2.16. The van der Waals surface area contributed by atoms with Crippen LogP contribution in [0.5, 0.6) is 5.75 Å². The van der Waals surface area contributed by atoms with Crippen molar-refractivity contribution in [3.63, 3.8) is 0 Å². The van der Waals surface area contributed by atoms with Crippen LogP contribution in [0.1, 0.15) is 11.1 Å². The molecule has 94 valence electrons. The number of hydrogen-bond acceptors (Lipinski definition) is 3. The predicted molar refractivity (Wildman–Crippen MR) is 73.0 cm³/mol. The molecule has 0 spiro atoms. The molecule has 0 atom stereocenters. The summed E-state index contributed by atoms with van der Waals surface area (Å²) in [6, 6.07) is 15.1. The molecule has 0 aliphatic rings. The Morgan fingerprint density at radius 2 is 1.67 bits per heavy atom. The molecule has 0 fully saturated rings. The van der Waals surface area contributed by atoms with Crippen molar-refractivity contribution < 1.29 is 5.11 Å². The van der Waals surface area contributed by atoms with Crippen LogP contribution >= 0.6 is 11.6 Å². The van der Waals surface area contributed by atoms with E-state index in [-0.39, 0.29) is 5.75 Å². The molecule has 0 aliphatic heterocycles. The number of hydrazine groups is 1. The number of rotatable bonds is 4. The van der Waals surface area contributed by atoms with E-state index in [1.165, 1.54) is 0 Å². The lowest BCUT2D eigenvalue weighted by atomic mass is 10.2. The average Bonchev–Trinajstić information content (AvgIpc) is 2.35. The number of nitrogens with two attached hydrogens (primary N) is 1. The van der Waals surface area contributed by atoms with Gasteiger partial charge in [0.15, 0.2) is 0 Å². The second-order valence-electron chi connectivity index (χ2n) is 4.18. The van der Waals surface area contributed by atoms with Crippen LogP contribution in [0, 0.1) is 0 Å². The molecule has 0 aromatic heterocycles. The van der Waals surface area contributed by atoms with Gasteiger partial charge in [0.25, 0.3) is 0 Å². The largest absolute Gasteiger partial charge is 0.506 e. The molecule has 0 amide bonds. The predicted octanol–water partition coefficient (Wildman–Crippen LogP) is 2.92. The summed E-state index contributed by atoms with van der Waals surface area (Å²) in [5.41, 5.74) is 2.13. The van der Waals surface area contributed by atoms with Crippen molar-refractivity contribution in [3.05, 3.63) is 64.7 Å². The van der Waals surface area contributed by atoms with E-state index in [1.54, 1.807) is 17.1 Å². The zero-order valence-electron chi connectivity index (χ0n) is 9.88. The Morgan fingerprint density at radius 3 is 2.33 bits per heavy atom. The van der Waals surface area contributed by atoms with E-state index in [4.69, 9.17) is 17.4 Å². The fourth-order valence-corrected chi connectivity index (χ4v) is 1.96. The summed E-state index contributed by atoms with van der Waals surface area (Å²) in [5.74, 6) is 6.04. The van der Waals surface area contributed by atoms with E-state index in [0.717, 1.165) is 11.1 Å². The number of nitrogens with zero attached hydrogens (tertiary/aromatic N) is 1. The van der Waals surface area contributed by atoms with Gasteiger partial charge in [0.2, 0.25) is 0 Å². The SMILES string of the molecule is NN(Cc1ccccc1)Cc1ccc(O)c(Cl)c1. The maximum atomic E-state index is 9.34. The van der Waals surface area contributed by atoms with Crippen molar-refractivity contribution in [1.82, 2.24) is 5.01 Å². The van der Waals surface area contributed by atoms with Gasteiger partial charge in [-0.05, 0) is 23.3 Å². The van der Waals surface area contributed by atoms with Crippen molar-refractivity contribution >= 4 is 11.6 Å². The average molecular weight is 263 g/mol. The minimum Gasteiger partial charge on any atom is -0.506 e. The van der Waals surface area contributed by atoms with Crippen LogP contribution in [-0.2, 0) is 13.1 Å². The maximum Gasteiger partial charge on any atom is 0.134 e. The Bertz CT molecular complexity index is 516. The van der Waals surface area contributed by atoms with Gasteiger partial charge in [0.05, 0.1) is 5.02 Å². The smallest absolute Gasteiger partial charge is 0.134 e. The molecule has 3 N–H and O–H groups in total. The van der Waals surface area contributed by atoms with Crippen LogP contribution in [0.3, 0.4) is 0 Å². The van der Waals surface area contributed by atoms with Crippen LogP contribution in [0.4, 0.5) is 0 Å². The molecule has 2 aromatic rings. The molecule has 0 aliphatic carbocycles. The molecule has 0 saturated heterocycles. The molecule has 0 bridgehead atoms. The second kappa shape index (κ2) is 5.87. The van der Waals surface area contributed by atoms with Crippen molar-refractivity contribution in [3.8, 4) is 5.75 Å². The summed E-state index contributed by atoms with van der Waals surface area (Å²) in [5, 5.41) is 11.4. The fraction of sp³-hybridized carbons (Fsp3) is 0.143. The Labute approximate surface area is 111 Å². The highest BCUT2D eigenvalue weighted by Gasteiger charge is 2.04. The van der Waals surface area contributed by atoms with E-state index in [0.29, 0.717) is 18.1 Å². The highest BCUT2D eigenvalue weighted by atomic mass is 35.5. The third-order valence-electron chi connectivity index (χ3n) is 2.63. The summed E-state index contributed by atoms with van der Waals surface area (Å²) in [6.07, 6.45) is 0. The van der Waals surface area contributed by atoms with Gasteiger partial charge in [0, 0.05) is 13.1 Å². The number of benzene rings is 2. The number of phenolic OH excluding ortho intramolecular Hbond substituents is 1. The molecular weight excluding hydrogens is 248 g/mol. The van der Waals surface area contributed by atoms with Crippen LogP contribution in [0.2, 0.25) is 5.02 Å². The Hall–Kier alpha value is -1.55. The van der Waals surface area contributed by atoms with Crippen molar-refractivity contribution in [2.24, 2.45) is 5.84 Å². The minimum absolute atomic E-state index is 0.0899. The zero-order chi connectivity index (χ0) is 13.0. The quantitative estimate of drug-likeness (QED) is 0.658. The zero-order valence-corrected chi connectivity index (χ0v) is 10.6. The van der Waals surface area contributed by atoms with Gasteiger partial charge < -0.3 is 5.11 Å². The summed E-state index contributed by atoms with van der Waals surface area (Å²) >= 11 is 5.85. The highest BCUT2D eigenvalue weighted by Crippen LogP contribution is 2.24. The molecule has 0 saturated carbocycles. The normalized spacial score (nSPS) is 10.8. The first-order valence-electron chi connectivity index (χ1n) is 5.66. The monoisotopic (exact) mass is 262 g/mol. The van der Waals surface area contributed by atoms with Gasteiger partial charge in [-0.3, -0.25) is 5.84 Å². The first kappa shape index (κ1) is 12.9. The van der Waals surface area contributed by atoms with Gasteiger partial charge in [-0.25, -0.2) is 5.01 Å². The highest BCUT2D eigenvalue weighted by molar-refractivity contribution is 6.32. The standard InChI is InChI=1S/C14H15ClN2O/c15-13-8-12(6-7-14(13)18)10-17(16)9-11-4-2-1-3-5-11/h1-8,18H,9-10,16H2. The lowest BCUT2D eigenvalue weighted by Crippen LogP contribution is -2.29. The summed E-state index contributed by atoms with van der Waals surface area (Å²) in [7, 11) is 0. The molecular formula is C14H15ClN2O. The molecule has 2 rings (SSSR count). The topological polar surface area (TPSA) is 49.5 Å². The lowest BCUT2D eigenvalue weighted by molar-refractivity contribution is 0.266. The second-order valence-corrected chi connectivity index (χ2v) is 4.58. The Kier molecular flexibility index (Phi) is 4.20. The van der Waals surface area contributed by atoms with Gasteiger partial charge in [-0.2, -0.15) is 0 Å². The maximum absolute atomic E-state index is 9.34. The van der Waals surface area contributed by atoms with E-state index in [1.807, 2.05) is 36.4 Å². The van der Waals surface area contributed by atoms with Crippen molar-refractivity contribution in [1.29, 1.82) is 0 Å². The van der Waals surface area contributed by atoms with E-state index in [9.17, 15) is 5.11 Å². The molecule has 18 heavy (non-hydrogen) atoms. The van der Waals surface area contributed by atoms with E-state index in [2.05, 4.69) is 0 Å². The van der Waals surface area contributed by atoms with Crippen molar-refractivity contribution in [2.75, 3.05) is 0 Å². The van der Waals surface area contributed by atoms with Crippen LogP contribution in [-0.4, -0.2) is 10.1 Å². The van der Waals surface area contributed by atoms with Gasteiger partial charge >= 0.3 is 0 Å².